The highest BCUT2D eigenvalue weighted by Crippen LogP contribution is 2.34. The minimum atomic E-state index is -0.906. The number of pyridine rings is 1. The molecule has 1 unspecified atom stereocenters. The van der Waals surface area contributed by atoms with Crippen LogP contribution in [0.3, 0.4) is 0 Å². The summed E-state index contributed by atoms with van der Waals surface area (Å²) in [5, 5.41) is 12.0. The highest BCUT2D eigenvalue weighted by molar-refractivity contribution is 6.30. The molecule has 0 bridgehead atoms. The Hall–Kier alpha value is -1.62. The van der Waals surface area contributed by atoms with Crippen molar-refractivity contribution in [2.45, 2.75) is 25.3 Å². The molecule has 1 aliphatic carbocycles. The second-order valence-electron chi connectivity index (χ2n) is 4.38. The minimum absolute atomic E-state index is 0.0516. The number of aliphatic carboxylic acids is 1. The fourth-order valence-electron chi connectivity index (χ4n) is 1.77. The number of carboxylic acids is 1. The van der Waals surface area contributed by atoms with Crippen LogP contribution >= 0.6 is 11.6 Å². The molecule has 1 aromatic heterocycles. The predicted molar refractivity (Wildman–Crippen MR) is 65.5 cm³/mol. The summed E-state index contributed by atoms with van der Waals surface area (Å²) in [5.74, 6) is -0.988. The van der Waals surface area contributed by atoms with Crippen LogP contribution in [0, 0.1) is 5.92 Å². The molecule has 0 spiro atoms. The molecule has 1 heterocycles. The lowest BCUT2D eigenvalue weighted by Crippen LogP contribution is -2.38. The van der Waals surface area contributed by atoms with Crippen LogP contribution in [0.1, 0.15) is 29.8 Å². The summed E-state index contributed by atoms with van der Waals surface area (Å²) in [4.78, 5) is 26.5. The molecule has 1 aromatic rings. The Kier molecular flexibility index (Phi) is 3.81. The van der Waals surface area contributed by atoms with Gasteiger partial charge in [0.15, 0.2) is 0 Å². The van der Waals surface area contributed by atoms with Crippen LogP contribution in [0.25, 0.3) is 0 Å². The van der Waals surface area contributed by atoms with Gasteiger partial charge in [0.2, 0.25) is 0 Å². The van der Waals surface area contributed by atoms with Crippen molar-refractivity contribution >= 4 is 23.5 Å². The first-order valence-electron chi connectivity index (χ1n) is 5.70. The van der Waals surface area contributed by atoms with Gasteiger partial charge in [-0.25, -0.2) is 4.98 Å². The molecule has 1 atom stereocenters. The molecule has 0 radical (unpaired) electrons. The van der Waals surface area contributed by atoms with Crippen LogP contribution in [-0.2, 0) is 4.79 Å². The minimum Gasteiger partial charge on any atom is -0.481 e. The Bertz CT molecular complexity index is 457. The monoisotopic (exact) mass is 268 g/mol. The van der Waals surface area contributed by atoms with Crippen LogP contribution < -0.4 is 5.32 Å². The van der Waals surface area contributed by atoms with Gasteiger partial charge < -0.3 is 10.4 Å². The zero-order valence-electron chi connectivity index (χ0n) is 9.60. The van der Waals surface area contributed by atoms with Crippen LogP contribution in [-0.4, -0.2) is 28.0 Å². The van der Waals surface area contributed by atoms with Crippen molar-refractivity contribution in [3.63, 3.8) is 0 Å². The topological polar surface area (TPSA) is 79.3 Å². The van der Waals surface area contributed by atoms with Gasteiger partial charge in [0.1, 0.15) is 5.69 Å². The quantitative estimate of drug-likeness (QED) is 0.852. The molecule has 1 aliphatic rings. The fourth-order valence-corrected chi connectivity index (χ4v) is 1.89. The smallest absolute Gasteiger partial charge is 0.305 e. The lowest BCUT2D eigenvalue weighted by molar-refractivity contribution is -0.137. The largest absolute Gasteiger partial charge is 0.481 e. The van der Waals surface area contributed by atoms with Gasteiger partial charge in [0.25, 0.3) is 5.91 Å². The number of nitrogens with one attached hydrogen (secondary N) is 1. The molecule has 5 nitrogen and oxygen atoms in total. The van der Waals surface area contributed by atoms with E-state index >= 15 is 0 Å². The SMILES string of the molecule is O=C(O)CC(NC(=O)c1ccc(Cl)cn1)C1CC1. The molecule has 2 N–H and O–H groups in total. The summed E-state index contributed by atoms with van der Waals surface area (Å²) in [6.07, 6.45) is 3.27. The third-order valence-electron chi connectivity index (χ3n) is 2.86. The maximum Gasteiger partial charge on any atom is 0.305 e. The van der Waals surface area contributed by atoms with Crippen molar-refractivity contribution in [3.8, 4) is 0 Å². The van der Waals surface area contributed by atoms with E-state index in [1.165, 1.54) is 12.3 Å². The van der Waals surface area contributed by atoms with Crippen molar-refractivity contribution in [3.05, 3.63) is 29.0 Å². The first kappa shape index (κ1) is 12.8. The van der Waals surface area contributed by atoms with E-state index in [1.807, 2.05) is 0 Å². The van der Waals surface area contributed by atoms with Crippen LogP contribution in [0.15, 0.2) is 18.3 Å². The summed E-state index contributed by atoms with van der Waals surface area (Å²) in [7, 11) is 0. The number of carbonyl (C=O) groups excluding carboxylic acids is 1. The number of nitrogens with zero attached hydrogens (tertiary/aromatic N) is 1. The lowest BCUT2D eigenvalue weighted by atomic mass is 10.1. The van der Waals surface area contributed by atoms with E-state index in [4.69, 9.17) is 16.7 Å². The van der Waals surface area contributed by atoms with Gasteiger partial charge in [0, 0.05) is 12.2 Å². The maximum absolute atomic E-state index is 11.9. The highest BCUT2D eigenvalue weighted by Gasteiger charge is 2.34. The molecule has 6 heteroatoms. The van der Waals surface area contributed by atoms with Gasteiger partial charge in [-0.3, -0.25) is 9.59 Å². The average Bonchev–Trinajstić information content (AvgIpc) is 3.12. The normalized spacial score (nSPS) is 16.1. The van der Waals surface area contributed by atoms with E-state index < -0.39 is 5.97 Å². The fraction of sp³-hybridized carbons (Fsp3) is 0.417. The Balaban J connectivity index is 2.00. The number of amides is 1. The van der Waals surface area contributed by atoms with E-state index in [2.05, 4.69) is 10.3 Å². The third kappa shape index (κ3) is 3.43. The Labute approximate surface area is 109 Å². The summed E-state index contributed by atoms with van der Waals surface area (Å²) in [5.41, 5.74) is 0.246. The second-order valence-corrected chi connectivity index (χ2v) is 4.81. The van der Waals surface area contributed by atoms with Crippen molar-refractivity contribution < 1.29 is 14.7 Å². The number of hydrogen-bond donors (Lipinski definition) is 2. The van der Waals surface area contributed by atoms with Gasteiger partial charge in [-0.2, -0.15) is 0 Å². The third-order valence-corrected chi connectivity index (χ3v) is 3.09. The molecule has 0 aromatic carbocycles. The molecule has 18 heavy (non-hydrogen) atoms. The average molecular weight is 269 g/mol. The number of aromatic nitrogens is 1. The second kappa shape index (κ2) is 5.35. The van der Waals surface area contributed by atoms with Crippen molar-refractivity contribution in [1.82, 2.24) is 10.3 Å². The van der Waals surface area contributed by atoms with Gasteiger partial charge in [0.05, 0.1) is 11.4 Å². The molecular weight excluding hydrogens is 256 g/mol. The Morgan fingerprint density at radius 3 is 2.72 bits per heavy atom. The summed E-state index contributed by atoms with van der Waals surface area (Å²) >= 11 is 5.68. The van der Waals surface area contributed by atoms with Crippen LogP contribution in [0.2, 0.25) is 5.02 Å². The Morgan fingerprint density at radius 2 is 2.22 bits per heavy atom. The van der Waals surface area contributed by atoms with E-state index in [0.29, 0.717) is 5.02 Å². The highest BCUT2D eigenvalue weighted by atomic mass is 35.5. The number of carboxylic acid groups (broad SMARTS) is 1. The van der Waals surface area contributed by atoms with Crippen LogP contribution in [0.4, 0.5) is 0 Å². The van der Waals surface area contributed by atoms with Gasteiger partial charge in [-0.15, -0.1) is 0 Å². The van der Waals surface area contributed by atoms with Crippen molar-refractivity contribution in [1.29, 1.82) is 0 Å². The maximum atomic E-state index is 11.9. The number of rotatable bonds is 5. The molecule has 0 aliphatic heterocycles. The molecular formula is C12H13ClN2O3. The zero-order chi connectivity index (χ0) is 13.1. The van der Waals surface area contributed by atoms with Crippen molar-refractivity contribution in [2.75, 3.05) is 0 Å². The number of hydrogen-bond acceptors (Lipinski definition) is 3. The first-order chi connectivity index (χ1) is 8.56. The van der Waals surface area contributed by atoms with Gasteiger partial charge in [-0.05, 0) is 30.9 Å². The predicted octanol–water partition coefficient (Wildman–Crippen LogP) is 1.72. The van der Waals surface area contributed by atoms with Crippen LogP contribution in [0.5, 0.6) is 0 Å². The van der Waals surface area contributed by atoms with Gasteiger partial charge in [-0.1, -0.05) is 11.6 Å². The number of carbonyl (C=O) groups is 2. The standard InChI is InChI=1S/C12H13ClN2O3/c13-8-3-4-9(14-6-8)12(18)15-10(5-11(16)17)7-1-2-7/h3-4,6-7,10H,1-2,5H2,(H,15,18)(H,16,17). The number of halogens is 1. The molecule has 1 fully saturated rings. The zero-order valence-corrected chi connectivity index (χ0v) is 10.4. The molecule has 1 saturated carbocycles. The van der Waals surface area contributed by atoms with E-state index in [9.17, 15) is 9.59 Å². The van der Waals surface area contributed by atoms with Gasteiger partial charge >= 0.3 is 5.97 Å². The first-order valence-corrected chi connectivity index (χ1v) is 6.08. The lowest BCUT2D eigenvalue weighted by Gasteiger charge is -2.15. The van der Waals surface area contributed by atoms with E-state index in [1.54, 1.807) is 6.07 Å². The van der Waals surface area contributed by atoms with E-state index in [-0.39, 0.29) is 30.0 Å². The van der Waals surface area contributed by atoms with Crippen molar-refractivity contribution in [2.24, 2.45) is 5.92 Å². The Morgan fingerprint density at radius 1 is 1.50 bits per heavy atom. The molecule has 1 amide bonds. The molecule has 0 saturated heterocycles. The molecule has 96 valence electrons. The summed E-state index contributed by atoms with van der Waals surface area (Å²) in [6, 6.07) is 2.78. The summed E-state index contributed by atoms with van der Waals surface area (Å²) in [6.45, 7) is 0. The van der Waals surface area contributed by atoms with E-state index in [0.717, 1.165) is 12.8 Å². The molecule has 2 rings (SSSR count). The summed E-state index contributed by atoms with van der Waals surface area (Å²) < 4.78 is 0.